The maximum Gasteiger partial charge on any atom is 0.303 e. The van der Waals surface area contributed by atoms with Gasteiger partial charge in [-0.1, -0.05) is 44.9 Å². The molecule has 3 rings (SSSR count). The molecule has 2 aromatic carbocycles. The molecule has 0 aromatic heterocycles. The first kappa shape index (κ1) is 28.3. The lowest BCUT2D eigenvalue weighted by atomic mass is 9.93. The Labute approximate surface area is 219 Å². The average molecular weight is 514 g/mol. The van der Waals surface area contributed by atoms with Crippen molar-refractivity contribution < 1.29 is 33.6 Å². The second-order valence-corrected chi connectivity index (χ2v) is 9.30. The molecule has 0 saturated carbocycles. The molecule has 8 heteroatoms. The van der Waals surface area contributed by atoms with Crippen LogP contribution in [-0.4, -0.2) is 49.5 Å². The van der Waals surface area contributed by atoms with Crippen LogP contribution in [0.15, 0.2) is 30.3 Å². The topological polar surface area (TPSA) is 117 Å². The van der Waals surface area contributed by atoms with Gasteiger partial charge in [-0.25, -0.2) is 0 Å². The van der Waals surface area contributed by atoms with Crippen molar-refractivity contribution in [3.05, 3.63) is 52.6 Å². The summed E-state index contributed by atoms with van der Waals surface area (Å²) in [5.41, 5.74) is 8.93. The van der Waals surface area contributed by atoms with Gasteiger partial charge in [0.15, 0.2) is 0 Å². The summed E-state index contributed by atoms with van der Waals surface area (Å²) >= 11 is 0. The minimum Gasteiger partial charge on any atom is -0.495 e. The van der Waals surface area contributed by atoms with Crippen molar-refractivity contribution in [3.63, 3.8) is 0 Å². The Morgan fingerprint density at radius 3 is 2.57 bits per heavy atom. The number of hydrogen-bond acceptors (Lipinski definition) is 6. The number of carbonyl (C=O) groups is 2. The van der Waals surface area contributed by atoms with Gasteiger partial charge in [0, 0.05) is 24.8 Å². The van der Waals surface area contributed by atoms with E-state index in [1.165, 1.54) is 7.11 Å². The molecular weight excluding hydrogens is 474 g/mol. The van der Waals surface area contributed by atoms with Crippen LogP contribution in [0.4, 0.5) is 0 Å². The molecule has 37 heavy (non-hydrogen) atoms. The summed E-state index contributed by atoms with van der Waals surface area (Å²) < 4.78 is 24.1. The molecule has 0 saturated heterocycles. The predicted molar refractivity (Wildman–Crippen MR) is 141 cm³/mol. The lowest BCUT2D eigenvalue weighted by Gasteiger charge is -2.34. The summed E-state index contributed by atoms with van der Waals surface area (Å²) in [6, 6.07) is 9.56. The van der Waals surface area contributed by atoms with Gasteiger partial charge in [0.2, 0.25) is 0 Å². The molecule has 1 aliphatic heterocycles. The zero-order chi connectivity index (χ0) is 26.8. The van der Waals surface area contributed by atoms with Crippen LogP contribution in [0.2, 0.25) is 0 Å². The van der Waals surface area contributed by atoms with Gasteiger partial charge in [0.25, 0.3) is 5.91 Å². The normalized spacial score (nSPS) is 16.5. The number of fused-ring (bicyclic) bond motifs is 1. The van der Waals surface area contributed by atoms with E-state index in [0.717, 1.165) is 41.7 Å². The number of benzene rings is 2. The minimum atomic E-state index is -0.843. The fraction of sp³-hybridized carbons (Fsp3) is 0.517. The molecular formula is C29H39NO7. The number of carboxylic acids is 1. The molecule has 8 nitrogen and oxygen atoms in total. The number of aliphatic carboxylic acids is 1. The van der Waals surface area contributed by atoms with Crippen LogP contribution in [0, 0.1) is 0 Å². The van der Waals surface area contributed by atoms with Crippen molar-refractivity contribution in [2.75, 3.05) is 20.3 Å². The minimum absolute atomic E-state index is 0.0300. The number of nitrogens with two attached hydrogens (primary N) is 1. The lowest BCUT2D eigenvalue weighted by molar-refractivity contribution is -0.138. The molecule has 1 aliphatic rings. The number of ether oxygens (including phenoxy) is 4. The molecule has 0 aliphatic carbocycles. The molecule has 0 radical (unpaired) electrons. The molecule has 0 bridgehead atoms. The Morgan fingerprint density at radius 1 is 1.11 bits per heavy atom. The standard InChI is InChI=1S/C29H39NO7/c1-4-8-19-10-6-11-20-18-25(24(37-27(19)20)14-15-26(31)32)36-17-7-16-35-23-13-12-22(29(30)33)28(34-3)21(23)9-5-2/h6,10-13,24-25H,4-5,7-9,14-18H2,1-3H3,(H2,30,33)(H,31,32). The van der Waals surface area contributed by atoms with Gasteiger partial charge in [-0.2, -0.15) is 0 Å². The van der Waals surface area contributed by atoms with Gasteiger partial charge < -0.3 is 29.8 Å². The predicted octanol–water partition coefficient (Wildman–Crippen LogP) is 4.72. The van der Waals surface area contributed by atoms with E-state index in [4.69, 9.17) is 24.7 Å². The zero-order valence-corrected chi connectivity index (χ0v) is 22.1. The molecule has 2 unspecified atom stereocenters. The number of carboxylic acid groups (broad SMARTS) is 1. The third-order valence-electron chi connectivity index (χ3n) is 6.51. The van der Waals surface area contributed by atoms with Gasteiger partial charge >= 0.3 is 5.97 Å². The summed E-state index contributed by atoms with van der Waals surface area (Å²) in [6.07, 6.45) is 4.68. The maximum absolute atomic E-state index is 11.8. The summed E-state index contributed by atoms with van der Waals surface area (Å²) in [5, 5.41) is 9.22. The fourth-order valence-corrected chi connectivity index (χ4v) is 4.80. The smallest absolute Gasteiger partial charge is 0.303 e. The number of primary amides is 1. The highest BCUT2D eigenvalue weighted by Gasteiger charge is 2.32. The van der Waals surface area contributed by atoms with Gasteiger partial charge in [-0.15, -0.1) is 0 Å². The van der Waals surface area contributed by atoms with Gasteiger partial charge in [0.1, 0.15) is 23.4 Å². The van der Waals surface area contributed by atoms with E-state index in [1.807, 2.05) is 13.0 Å². The monoisotopic (exact) mass is 513 g/mol. The Morgan fingerprint density at radius 2 is 1.89 bits per heavy atom. The van der Waals surface area contributed by atoms with Crippen molar-refractivity contribution in [1.82, 2.24) is 0 Å². The number of para-hydroxylation sites is 1. The molecule has 0 fully saturated rings. The van der Waals surface area contributed by atoms with Crippen molar-refractivity contribution in [2.45, 2.75) is 77.4 Å². The first-order valence-electron chi connectivity index (χ1n) is 13.1. The second-order valence-electron chi connectivity index (χ2n) is 9.30. The van der Waals surface area contributed by atoms with E-state index in [0.29, 0.717) is 56.0 Å². The van der Waals surface area contributed by atoms with E-state index in [1.54, 1.807) is 12.1 Å². The van der Waals surface area contributed by atoms with Crippen LogP contribution in [0.1, 0.15) is 73.0 Å². The largest absolute Gasteiger partial charge is 0.495 e. The van der Waals surface area contributed by atoms with Crippen molar-refractivity contribution >= 4 is 11.9 Å². The van der Waals surface area contributed by atoms with Crippen LogP contribution in [0.25, 0.3) is 0 Å². The van der Waals surface area contributed by atoms with E-state index < -0.39 is 11.9 Å². The summed E-state index contributed by atoms with van der Waals surface area (Å²) in [4.78, 5) is 23.0. The highest BCUT2D eigenvalue weighted by Crippen LogP contribution is 2.35. The number of rotatable bonds is 15. The molecule has 1 heterocycles. The highest BCUT2D eigenvalue weighted by molar-refractivity contribution is 5.96. The van der Waals surface area contributed by atoms with E-state index >= 15 is 0 Å². The highest BCUT2D eigenvalue weighted by atomic mass is 16.5. The molecule has 202 valence electrons. The zero-order valence-electron chi connectivity index (χ0n) is 22.1. The quantitative estimate of drug-likeness (QED) is 0.331. The third kappa shape index (κ3) is 7.38. The van der Waals surface area contributed by atoms with Crippen LogP contribution in [-0.2, 0) is 28.8 Å². The summed E-state index contributed by atoms with van der Waals surface area (Å²) in [6.45, 7) is 5.04. The van der Waals surface area contributed by atoms with E-state index in [-0.39, 0.29) is 18.6 Å². The van der Waals surface area contributed by atoms with Gasteiger partial charge in [-0.3, -0.25) is 9.59 Å². The molecule has 0 spiro atoms. The number of carbonyl (C=O) groups excluding carboxylic acids is 1. The number of aryl methyl sites for hydroxylation is 1. The van der Waals surface area contributed by atoms with Crippen molar-refractivity contribution in [2.24, 2.45) is 5.73 Å². The van der Waals surface area contributed by atoms with E-state index in [9.17, 15) is 14.7 Å². The average Bonchev–Trinajstić information content (AvgIpc) is 2.87. The van der Waals surface area contributed by atoms with Crippen LogP contribution >= 0.6 is 0 Å². The molecule has 1 amide bonds. The van der Waals surface area contributed by atoms with Crippen LogP contribution in [0.5, 0.6) is 17.2 Å². The Balaban J connectivity index is 1.62. The molecule has 2 atom stereocenters. The Hall–Kier alpha value is -3.26. The number of amides is 1. The summed E-state index contributed by atoms with van der Waals surface area (Å²) in [5.74, 6) is 0.639. The second kappa shape index (κ2) is 13.9. The molecule has 2 aromatic rings. The van der Waals surface area contributed by atoms with Gasteiger partial charge in [-0.05, 0) is 42.5 Å². The SMILES string of the molecule is CCCc1cccc2c1OC(CCC(=O)O)C(OCCCOc1ccc(C(N)=O)c(OC)c1CCC)C2. The van der Waals surface area contributed by atoms with Crippen molar-refractivity contribution in [1.29, 1.82) is 0 Å². The van der Waals surface area contributed by atoms with E-state index in [2.05, 4.69) is 19.1 Å². The maximum atomic E-state index is 11.8. The fourth-order valence-electron chi connectivity index (χ4n) is 4.80. The van der Waals surface area contributed by atoms with Gasteiger partial charge in [0.05, 0.1) is 32.0 Å². The first-order valence-corrected chi connectivity index (χ1v) is 13.1. The Bertz CT molecular complexity index is 1070. The first-order chi connectivity index (χ1) is 17.9. The number of hydrogen-bond donors (Lipinski definition) is 2. The third-order valence-corrected chi connectivity index (χ3v) is 6.51. The number of methoxy groups -OCH3 is 1. The summed E-state index contributed by atoms with van der Waals surface area (Å²) in [7, 11) is 1.52. The molecule has 3 N–H and O–H groups in total. The van der Waals surface area contributed by atoms with Crippen LogP contribution in [0.3, 0.4) is 0 Å². The van der Waals surface area contributed by atoms with Crippen molar-refractivity contribution in [3.8, 4) is 17.2 Å². The lowest BCUT2D eigenvalue weighted by Crippen LogP contribution is -2.40. The van der Waals surface area contributed by atoms with Crippen LogP contribution < -0.4 is 19.9 Å². The Kier molecular flexibility index (Phi) is 10.6.